The van der Waals surface area contributed by atoms with Crippen LogP contribution < -0.4 is 5.32 Å². The van der Waals surface area contributed by atoms with Crippen LogP contribution in [0.15, 0.2) is 54.6 Å². The Morgan fingerprint density at radius 2 is 1.65 bits per heavy atom. The molecule has 0 bridgehead atoms. The van der Waals surface area contributed by atoms with Crippen molar-refractivity contribution in [3.63, 3.8) is 0 Å². The molecule has 0 saturated heterocycles. The van der Waals surface area contributed by atoms with E-state index in [-0.39, 0.29) is 12.3 Å². The molecule has 1 aliphatic carbocycles. The van der Waals surface area contributed by atoms with Gasteiger partial charge in [-0.15, -0.1) is 0 Å². The van der Waals surface area contributed by atoms with E-state index >= 15 is 0 Å². The van der Waals surface area contributed by atoms with Crippen molar-refractivity contribution in [2.24, 2.45) is 0 Å². The van der Waals surface area contributed by atoms with Gasteiger partial charge in [0.25, 0.3) is 0 Å². The number of benzene rings is 2. The van der Waals surface area contributed by atoms with Crippen LogP contribution in [-0.4, -0.2) is 17.0 Å². The van der Waals surface area contributed by atoms with Crippen molar-refractivity contribution in [3.8, 4) is 0 Å². The van der Waals surface area contributed by atoms with E-state index in [1.54, 1.807) is 24.3 Å². The second-order valence-corrected chi connectivity index (χ2v) is 6.02. The Labute approximate surface area is 135 Å². The van der Waals surface area contributed by atoms with E-state index in [0.29, 0.717) is 5.69 Å². The van der Waals surface area contributed by atoms with Gasteiger partial charge in [-0.05, 0) is 36.1 Å². The van der Waals surface area contributed by atoms with E-state index in [1.807, 2.05) is 30.3 Å². The maximum absolute atomic E-state index is 12.8. The molecule has 2 N–H and O–H groups in total. The average molecular weight is 309 g/mol. The summed E-state index contributed by atoms with van der Waals surface area (Å²) in [7, 11) is 0. The maximum Gasteiger partial charge on any atom is 0.307 e. The van der Waals surface area contributed by atoms with E-state index in [1.165, 1.54) is 0 Å². The number of anilines is 1. The molecule has 0 radical (unpaired) electrons. The molecule has 1 saturated carbocycles. The number of hydrogen-bond donors (Lipinski definition) is 2. The van der Waals surface area contributed by atoms with Gasteiger partial charge in [0.15, 0.2) is 0 Å². The Hall–Kier alpha value is -2.62. The van der Waals surface area contributed by atoms with Gasteiger partial charge in [0.2, 0.25) is 5.91 Å². The van der Waals surface area contributed by atoms with E-state index in [2.05, 4.69) is 5.32 Å². The summed E-state index contributed by atoms with van der Waals surface area (Å²) in [6.45, 7) is 0. The summed E-state index contributed by atoms with van der Waals surface area (Å²) < 4.78 is 0. The summed E-state index contributed by atoms with van der Waals surface area (Å²) in [5, 5.41) is 11.8. The molecule has 118 valence electrons. The van der Waals surface area contributed by atoms with Crippen molar-refractivity contribution in [1.82, 2.24) is 0 Å². The zero-order valence-corrected chi connectivity index (χ0v) is 12.8. The summed E-state index contributed by atoms with van der Waals surface area (Å²) in [4.78, 5) is 23.5. The smallest absolute Gasteiger partial charge is 0.307 e. The topological polar surface area (TPSA) is 66.4 Å². The van der Waals surface area contributed by atoms with Crippen molar-refractivity contribution >= 4 is 17.6 Å². The molecule has 2 aromatic carbocycles. The van der Waals surface area contributed by atoms with Crippen LogP contribution in [-0.2, 0) is 21.4 Å². The first-order valence-electron chi connectivity index (χ1n) is 7.78. The minimum atomic E-state index is -0.862. The molecule has 4 heteroatoms. The third-order valence-corrected chi connectivity index (χ3v) is 4.54. The Kier molecular flexibility index (Phi) is 4.15. The minimum Gasteiger partial charge on any atom is -0.481 e. The molecule has 0 aromatic heterocycles. The quantitative estimate of drug-likeness (QED) is 0.890. The van der Waals surface area contributed by atoms with Crippen LogP contribution in [0.3, 0.4) is 0 Å². The SMILES string of the molecule is O=C(O)Cc1ccc(NC(=O)C2(c3ccccc3)CCC2)cc1. The number of carboxylic acids is 1. The Morgan fingerprint density at radius 1 is 1.00 bits per heavy atom. The predicted octanol–water partition coefficient (Wildman–Crippen LogP) is 3.37. The zero-order chi connectivity index (χ0) is 16.3. The molecule has 2 aromatic rings. The van der Waals surface area contributed by atoms with Crippen LogP contribution >= 0.6 is 0 Å². The lowest BCUT2D eigenvalue weighted by atomic mass is 9.64. The number of rotatable bonds is 5. The lowest BCUT2D eigenvalue weighted by molar-refractivity contribution is -0.136. The highest BCUT2D eigenvalue weighted by Gasteiger charge is 2.45. The van der Waals surface area contributed by atoms with Crippen LogP contribution in [0.2, 0.25) is 0 Å². The highest BCUT2D eigenvalue weighted by Crippen LogP contribution is 2.44. The van der Waals surface area contributed by atoms with Crippen molar-refractivity contribution in [3.05, 3.63) is 65.7 Å². The van der Waals surface area contributed by atoms with Gasteiger partial charge in [0, 0.05) is 5.69 Å². The molecule has 1 amide bonds. The predicted molar refractivity (Wildman–Crippen MR) is 88.4 cm³/mol. The van der Waals surface area contributed by atoms with Crippen LogP contribution in [0, 0.1) is 0 Å². The lowest BCUT2D eigenvalue weighted by Crippen LogP contribution is -2.45. The highest BCUT2D eigenvalue weighted by molar-refractivity contribution is 5.99. The van der Waals surface area contributed by atoms with Gasteiger partial charge in [-0.1, -0.05) is 48.9 Å². The second kappa shape index (κ2) is 6.24. The zero-order valence-electron chi connectivity index (χ0n) is 12.8. The van der Waals surface area contributed by atoms with Crippen LogP contribution in [0.25, 0.3) is 0 Å². The lowest BCUT2D eigenvalue weighted by Gasteiger charge is -2.40. The number of amides is 1. The monoisotopic (exact) mass is 309 g/mol. The molecule has 4 nitrogen and oxygen atoms in total. The fraction of sp³-hybridized carbons (Fsp3) is 0.263. The highest BCUT2D eigenvalue weighted by atomic mass is 16.4. The van der Waals surface area contributed by atoms with E-state index < -0.39 is 11.4 Å². The van der Waals surface area contributed by atoms with Crippen molar-refractivity contribution in [2.75, 3.05) is 5.32 Å². The van der Waals surface area contributed by atoms with Gasteiger partial charge in [0.1, 0.15) is 0 Å². The summed E-state index contributed by atoms with van der Waals surface area (Å²) in [5.74, 6) is -0.847. The minimum absolute atomic E-state index is 0.0117. The molecular formula is C19H19NO3. The Bertz CT molecular complexity index is 703. The summed E-state index contributed by atoms with van der Waals surface area (Å²) in [6.07, 6.45) is 2.77. The average Bonchev–Trinajstić information content (AvgIpc) is 2.49. The Morgan fingerprint density at radius 3 is 2.17 bits per heavy atom. The van der Waals surface area contributed by atoms with Gasteiger partial charge in [-0.2, -0.15) is 0 Å². The number of carboxylic acid groups (broad SMARTS) is 1. The number of carbonyl (C=O) groups is 2. The van der Waals surface area contributed by atoms with Crippen LogP contribution in [0.4, 0.5) is 5.69 Å². The molecule has 0 aliphatic heterocycles. The number of aliphatic carboxylic acids is 1. The molecule has 23 heavy (non-hydrogen) atoms. The number of carbonyl (C=O) groups excluding carboxylic acids is 1. The number of nitrogens with one attached hydrogen (secondary N) is 1. The largest absolute Gasteiger partial charge is 0.481 e. The van der Waals surface area contributed by atoms with Gasteiger partial charge >= 0.3 is 5.97 Å². The molecule has 1 fully saturated rings. The van der Waals surface area contributed by atoms with E-state index in [9.17, 15) is 9.59 Å². The third-order valence-electron chi connectivity index (χ3n) is 4.54. The van der Waals surface area contributed by atoms with Crippen molar-refractivity contribution in [1.29, 1.82) is 0 Å². The second-order valence-electron chi connectivity index (χ2n) is 6.02. The van der Waals surface area contributed by atoms with Crippen LogP contribution in [0.1, 0.15) is 30.4 Å². The standard InChI is InChI=1S/C19H19NO3/c21-17(22)13-14-7-9-16(10-8-14)20-18(23)19(11-4-12-19)15-5-2-1-3-6-15/h1-3,5-10H,4,11-13H2,(H,20,23)(H,21,22). The summed E-state index contributed by atoms with van der Waals surface area (Å²) >= 11 is 0. The Balaban J connectivity index is 1.74. The first-order chi connectivity index (χ1) is 11.1. The normalized spacial score (nSPS) is 15.5. The molecule has 3 rings (SSSR count). The summed E-state index contributed by atoms with van der Waals surface area (Å²) in [6, 6.07) is 16.9. The van der Waals surface area contributed by atoms with E-state index in [4.69, 9.17) is 5.11 Å². The molecule has 0 unspecified atom stereocenters. The van der Waals surface area contributed by atoms with Crippen molar-refractivity contribution < 1.29 is 14.7 Å². The molecule has 0 heterocycles. The third kappa shape index (κ3) is 3.11. The fourth-order valence-electron chi connectivity index (χ4n) is 3.07. The molecule has 1 aliphatic rings. The van der Waals surface area contributed by atoms with E-state index in [0.717, 1.165) is 30.4 Å². The first-order valence-corrected chi connectivity index (χ1v) is 7.78. The van der Waals surface area contributed by atoms with Gasteiger partial charge in [0.05, 0.1) is 11.8 Å². The van der Waals surface area contributed by atoms with Crippen molar-refractivity contribution in [2.45, 2.75) is 31.1 Å². The molecule has 0 spiro atoms. The maximum atomic E-state index is 12.8. The molecular weight excluding hydrogens is 290 g/mol. The molecule has 0 atom stereocenters. The van der Waals surface area contributed by atoms with Gasteiger partial charge < -0.3 is 10.4 Å². The van der Waals surface area contributed by atoms with Gasteiger partial charge in [-0.3, -0.25) is 9.59 Å². The number of hydrogen-bond acceptors (Lipinski definition) is 2. The van der Waals surface area contributed by atoms with Crippen LogP contribution in [0.5, 0.6) is 0 Å². The van der Waals surface area contributed by atoms with Gasteiger partial charge in [-0.25, -0.2) is 0 Å². The summed E-state index contributed by atoms with van der Waals surface area (Å²) in [5.41, 5.74) is 2.05. The first kappa shape index (κ1) is 15.3. The fourth-order valence-corrected chi connectivity index (χ4v) is 3.07.